The molecule has 0 N–H and O–H groups in total. The Bertz CT molecular complexity index is 273. The highest BCUT2D eigenvalue weighted by molar-refractivity contribution is 6.17. The summed E-state index contributed by atoms with van der Waals surface area (Å²) in [6.07, 6.45) is 0. The highest BCUT2D eigenvalue weighted by Gasteiger charge is 1.95. The first kappa shape index (κ1) is 29.9. The normalized spacial score (nSPS) is 11.4. The fraction of sp³-hybridized carbons (Fsp3) is 1.00. The molecule has 0 spiro atoms. The smallest absolute Gasteiger partial charge is 0.0701 e. The van der Waals surface area contributed by atoms with Crippen molar-refractivity contribution in [3.05, 3.63) is 0 Å². The molecule has 0 radical (unpaired) electrons. The minimum absolute atomic E-state index is 0.504. The second-order valence-electron chi connectivity index (χ2n) is 5.78. The molecule has 0 aliphatic rings. The van der Waals surface area contributed by atoms with Crippen molar-refractivity contribution < 1.29 is 42.6 Å². The van der Waals surface area contributed by atoms with E-state index in [1.807, 2.05) is 6.92 Å². The molecule has 0 rings (SSSR count). The second kappa shape index (κ2) is 28.9. The van der Waals surface area contributed by atoms with Gasteiger partial charge in [-0.25, -0.2) is 0 Å². The Labute approximate surface area is 186 Å². The van der Waals surface area contributed by atoms with Gasteiger partial charge in [-0.2, -0.15) is 0 Å². The summed E-state index contributed by atoms with van der Waals surface area (Å²) < 4.78 is 48.1. The molecule has 9 nitrogen and oxygen atoms in total. The van der Waals surface area contributed by atoms with E-state index in [9.17, 15) is 0 Å². The number of halogens is 1. The maximum absolute atomic E-state index is 5.49. The quantitative estimate of drug-likeness (QED) is 0.133. The molecule has 0 amide bonds. The number of hydrogen-bond donors (Lipinski definition) is 0. The summed E-state index contributed by atoms with van der Waals surface area (Å²) in [5, 5.41) is 0. The standard InChI is InChI=1S/C20H41ClO9/c1-2-22-5-6-24-9-10-26-13-14-28-17-18-30-20-19-29-16-15-27-12-11-25-8-7-23-4-3-21/h2-20H2,1H3. The molecule has 0 aromatic rings. The Morgan fingerprint density at radius 1 is 0.333 bits per heavy atom. The minimum Gasteiger partial charge on any atom is -0.379 e. The molecule has 0 unspecified atom stereocenters. The van der Waals surface area contributed by atoms with Gasteiger partial charge in [0.05, 0.1) is 112 Å². The number of hydrogen-bond acceptors (Lipinski definition) is 9. The van der Waals surface area contributed by atoms with Crippen molar-refractivity contribution in [2.45, 2.75) is 6.92 Å². The van der Waals surface area contributed by atoms with Gasteiger partial charge >= 0.3 is 0 Å². The molecule has 182 valence electrons. The van der Waals surface area contributed by atoms with E-state index in [0.717, 1.165) is 0 Å². The lowest BCUT2D eigenvalue weighted by Crippen LogP contribution is -2.15. The topological polar surface area (TPSA) is 83.1 Å². The van der Waals surface area contributed by atoms with Crippen LogP contribution in [0.1, 0.15) is 6.92 Å². The Hall–Kier alpha value is -0.0700. The van der Waals surface area contributed by atoms with Gasteiger partial charge in [0, 0.05) is 12.5 Å². The van der Waals surface area contributed by atoms with Crippen molar-refractivity contribution in [2.24, 2.45) is 0 Å². The number of ether oxygens (including phenoxy) is 9. The van der Waals surface area contributed by atoms with E-state index < -0.39 is 0 Å². The Kier molecular flexibility index (Phi) is 28.9. The van der Waals surface area contributed by atoms with Gasteiger partial charge in [-0.15, -0.1) is 11.6 Å². The van der Waals surface area contributed by atoms with E-state index in [4.69, 9.17) is 54.2 Å². The molecule has 0 bridgehead atoms. The average molecular weight is 461 g/mol. The van der Waals surface area contributed by atoms with Gasteiger partial charge in [-0.3, -0.25) is 0 Å². The first-order chi connectivity index (χ1) is 14.9. The molecular weight excluding hydrogens is 420 g/mol. The summed E-state index contributed by atoms with van der Waals surface area (Å²) in [5.74, 6) is 0.504. The van der Waals surface area contributed by atoms with Crippen LogP contribution in [0.15, 0.2) is 0 Å². The van der Waals surface area contributed by atoms with Crippen LogP contribution in [0.5, 0.6) is 0 Å². The molecular formula is C20H41ClO9. The van der Waals surface area contributed by atoms with Crippen molar-refractivity contribution in [1.29, 1.82) is 0 Å². The van der Waals surface area contributed by atoms with Crippen LogP contribution in [-0.4, -0.2) is 125 Å². The van der Waals surface area contributed by atoms with Crippen LogP contribution in [0.25, 0.3) is 0 Å². The van der Waals surface area contributed by atoms with E-state index >= 15 is 0 Å². The summed E-state index contributed by atoms with van der Waals surface area (Å²) in [6.45, 7) is 12.1. The zero-order chi connectivity index (χ0) is 21.8. The number of rotatable bonds is 27. The Morgan fingerprint density at radius 3 is 0.733 bits per heavy atom. The van der Waals surface area contributed by atoms with E-state index in [2.05, 4.69) is 0 Å². The molecule has 0 saturated carbocycles. The molecule has 30 heavy (non-hydrogen) atoms. The minimum atomic E-state index is 0.504. The summed E-state index contributed by atoms with van der Waals surface area (Å²) in [7, 11) is 0. The Morgan fingerprint density at radius 2 is 0.533 bits per heavy atom. The van der Waals surface area contributed by atoms with Gasteiger partial charge in [-0.05, 0) is 6.92 Å². The lowest BCUT2D eigenvalue weighted by molar-refractivity contribution is -0.0246. The zero-order valence-corrected chi connectivity index (χ0v) is 19.2. The average Bonchev–Trinajstić information content (AvgIpc) is 2.76. The summed E-state index contributed by atoms with van der Waals surface area (Å²) >= 11 is 5.49. The zero-order valence-electron chi connectivity index (χ0n) is 18.5. The van der Waals surface area contributed by atoms with Gasteiger partial charge in [0.2, 0.25) is 0 Å². The molecule has 10 heteroatoms. The first-order valence-corrected chi connectivity index (χ1v) is 11.2. The van der Waals surface area contributed by atoms with Crippen molar-refractivity contribution in [1.82, 2.24) is 0 Å². The summed E-state index contributed by atoms with van der Waals surface area (Å²) in [4.78, 5) is 0. The largest absolute Gasteiger partial charge is 0.379 e. The van der Waals surface area contributed by atoms with Crippen molar-refractivity contribution in [2.75, 3.05) is 125 Å². The third kappa shape index (κ3) is 27.9. The van der Waals surface area contributed by atoms with Crippen LogP contribution in [0.3, 0.4) is 0 Å². The van der Waals surface area contributed by atoms with E-state index in [-0.39, 0.29) is 0 Å². The van der Waals surface area contributed by atoms with Crippen LogP contribution in [0, 0.1) is 0 Å². The maximum atomic E-state index is 5.49. The summed E-state index contributed by atoms with van der Waals surface area (Å²) in [5.41, 5.74) is 0. The van der Waals surface area contributed by atoms with Gasteiger partial charge in [-0.1, -0.05) is 0 Å². The van der Waals surface area contributed by atoms with Crippen molar-refractivity contribution in [3.8, 4) is 0 Å². The summed E-state index contributed by atoms with van der Waals surface area (Å²) in [6, 6.07) is 0. The fourth-order valence-corrected chi connectivity index (χ4v) is 2.07. The van der Waals surface area contributed by atoms with Crippen LogP contribution < -0.4 is 0 Å². The highest BCUT2D eigenvalue weighted by atomic mass is 35.5. The second-order valence-corrected chi connectivity index (χ2v) is 6.16. The molecule has 0 heterocycles. The molecule has 0 aromatic heterocycles. The maximum Gasteiger partial charge on any atom is 0.0701 e. The predicted octanol–water partition coefficient (Wildman–Crippen LogP) is 1.39. The molecule has 0 aliphatic carbocycles. The van der Waals surface area contributed by atoms with E-state index in [1.54, 1.807) is 0 Å². The third-order valence-corrected chi connectivity index (χ3v) is 3.56. The van der Waals surface area contributed by atoms with Crippen molar-refractivity contribution in [3.63, 3.8) is 0 Å². The Balaban J connectivity index is 2.97. The molecule has 0 fully saturated rings. The van der Waals surface area contributed by atoms with Crippen LogP contribution in [0.2, 0.25) is 0 Å². The van der Waals surface area contributed by atoms with Crippen molar-refractivity contribution >= 4 is 11.6 Å². The lowest BCUT2D eigenvalue weighted by Gasteiger charge is -2.08. The van der Waals surface area contributed by atoms with Gasteiger partial charge in [0.1, 0.15) is 0 Å². The lowest BCUT2D eigenvalue weighted by atomic mass is 10.6. The van der Waals surface area contributed by atoms with Crippen LogP contribution >= 0.6 is 11.6 Å². The first-order valence-electron chi connectivity index (χ1n) is 10.7. The van der Waals surface area contributed by atoms with Gasteiger partial charge < -0.3 is 42.6 Å². The highest BCUT2D eigenvalue weighted by Crippen LogP contribution is 1.86. The van der Waals surface area contributed by atoms with Gasteiger partial charge in [0.25, 0.3) is 0 Å². The molecule has 0 atom stereocenters. The van der Waals surface area contributed by atoms with Gasteiger partial charge in [0.15, 0.2) is 0 Å². The number of alkyl halides is 1. The molecule has 0 aliphatic heterocycles. The van der Waals surface area contributed by atoms with Crippen LogP contribution in [-0.2, 0) is 42.6 Å². The SMILES string of the molecule is CCOCCOCCOCCOCCOCCOCCOCCOCCOCCCl. The molecule has 0 aromatic carbocycles. The van der Waals surface area contributed by atoms with E-state index in [1.165, 1.54) is 0 Å². The third-order valence-electron chi connectivity index (χ3n) is 3.40. The van der Waals surface area contributed by atoms with E-state index in [0.29, 0.717) is 125 Å². The van der Waals surface area contributed by atoms with Crippen LogP contribution in [0.4, 0.5) is 0 Å². The predicted molar refractivity (Wildman–Crippen MR) is 114 cm³/mol. The monoisotopic (exact) mass is 460 g/mol. The fourth-order valence-electron chi connectivity index (χ4n) is 1.96. The molecule has 0 saturated heterocycles.